The molecule has 2 aromatic carbocycles. The Hall–Kier alpha value is -2.66. The van der Waals surface area contributed by atoms with Crippen LogP contribution in [0.1, 0.15) is 30.0 Å². The summed E-state index contributed by atoms with van der Waals surface area (Å²) in [6.45, 7) is 9.46. The van der Waals surface area contributed by atoms with Gasteiger partial charge in [-0.3, -0.25) is 0 Å². The summed E-state index contributed by atoms with van der Waals surface area (Å²) in [4.78, 5) is 14.0. The van der Waals surface area contributed by atoms with Crippen LogP contribution in [0.25, 0.3) is 5.70 Å². The number of aryl methyl sites for hydroxylation is 1. The van der Waals surface area contributed by atoms with Crippen LogP contribution in [-0.2, 0) is 6.54 Å². The van der Waals surface area contributed by atoms with Crippen molar-refractivity contribution in [3.05, 3.63) is 64.7 Å². The largest absolute Gasteiger partial charge is 0.495 e. The molecule has 0 saturated heterocycles. The molecule has 0 unspecified atom stereocenters. The van der Waals surface area contributed by atoms with Gasteiger partial charge in [0.1, 0.15) is 5.75 Å². The van der Waals surface area contributed by atoms with Crippen molar-refractivity contribution >= 4 is 29.0 Å². The molecule has 0 saturated carbocycles. The lowest BCUT2D eigenvalue weighted by Crippen LogP contribution is -2.32. The number of amides is 2. The van der Waals surface area contributed by atoms with Crippen LogP contribution in [0.2, 0.25) is 5.02 Å². The van der Waals surface area contributed by atoms with Gasteiger partial charge in [0.05, 0.1) is 17.8 Å². The third-order valence-electron chi connectivity index (χ3n) is 4.37. The molecule has 6 heteroatoms. The van der Waals surface area contributed by atoms with E-state index in [-0.39, 0.29) is 6.03 Å². The fourth-order valence-corrected chi connectivity index (χ4v) is 3.07. The molecule has 0 fully saturated rings. The van der Waals surface area contributed by atoms with E-state index in [2.05, 4.69) is 17.2 Å². The van der Waals surface area contributed by atoms with Crippen LogP contribution in [-0.4, -0.2) is 31.6 Å². The van der Waals surface area contributed by atoms with E-state index in [1.165, 1.54) is 0 Å². The van der Waals surface area contributed by atoms with Gasteiger partial charge in [0.15, 0.2) is 0 Å². The van der Waals surface area contributed by atoms with Crippen LogP contribution in [0.3, 0.4) is 0 Å². The molecule has 0 aliphatic carbocycles. The van der Waals surface area contributed by atoms with Gasteiger partial charge < -0.3 is 20.3 Å². The predicted molar refractivity (Wildman–Crippen MR) is 117 cm³/mol. The second-order valence-electron chi connectivity index (χ2n) is 6.70. The number of carbonyl (C=O) groups excluding carboxylic acids is 1. The molecule has 0 spiro atoms. The van der Waals surface area contributed by atoms with Gasteiger partial charge in [0.25, 0.3) is 0 Å². The van der Waals surface area contributed by atoms with Crippen molar-refractivity contribution in [1.29, 1.82) is 0 Å². The molecule has 0 atom stereocenters. The maximum absolute atomic E-state index is 12.4. The van der Waals surface area contributed by atoms with Gasteiger partial charge in [-0.25, -0.2) is 4.79 Å². The fourth-order valence-electron chi connectivity index (χ4n) is 2.79. The third-order valence-corrected chi connectivity index (χ3v) is 4.66. The highest BCUT2D eigenvalue weighted by Crippen LogP contribution is 2.26. The van der Waals surface area contributed by atoms with Gasteiger partial charge in [0.2, 0.25) is 0 Å². The Morgan fingerprint density at radius 3 is 2.64 bits per heavy atom. The van der Waals surface area contributed by atoms with Crippen molar-refractivity contribution in [2.75, 3.05) is 26.0 Å². The minimum Gasteiger partial charge on any atom is -0.495 e. The summed E-state index contributed by atoms with van der Waals surface area (Å²) in [5, 5.41) is 6.86. The number of urea groups is 1. The average molecular weight is 402 g/mol. The highest BCUT2D eigenvalue weighted by Gasteiger charge is 2.13. The van der Waals surface area contributed by atoms with Crippen molar-refractivity contribution in [2.45, 2.75) is 26.8 Å². The van der Waals surface area contributed by atoms with E-state index in [1.807, 2.05) is 50.2 Å². The van der Waals surface area contributed by atoms with E-state index in [1.54, 1.807) is 19.1 Å². The summed E-state index contributed by atoms with van der Waals surface area (Å²) in [6, 6.07) is 11.4. The van der Waals surface area contributed by atoms with E-state index < -0.39 is 0 Å². The van der Waals surface area contributed by atoms with Gasteiger partial charge in [-0.15, -0.1) is 0 Å². The molecule has 150 valence electrons. The number of carbonyl (C=O) groups is 1. The lowest BCUT2D eigenvalue weighted by Gasteiger charge is -2.20. The second-order valence-corrected chi connectivity index (χ2v) is 7.11. The maximum atomic E-state index is 12.4. The van der Waals surface area contributed by atoms with Crippen molar-refractivity contribution in [1.82, 2.24) is 10.2 Å². The van der Waals surface area contributed by atoms with Crippen LogP contribution in [0, 0.1) is 6.92 Å². The SMILES string of the molecule is C=C(NCc1ccc(OC)c(Cl)c1)c1cc(C)ccc1NC(=O)N(C)CCC. The molecule has 28 heavy (non-hydrogen) atoms. The quantitative estimate of drug-likeness (QED) is 0.631. The molecule has 0 heterocycles. The second kappa shape index (κ2) is 10.0. The summed E-state index contributed by atoms with van der Waals surface area (Å²) < 4.78 is 5.18. The predicted octanol–water partition coefficient (Wildman–Crippen LogP) is 5.29. The van der Waals surface area contributed by atoms with E-state index in [0.717, 1.165) is 34.5 Å². The van der Waals surface area contributed by atoms with Gasteiger partial charge in [-0.05, 0) is 43.2 Å². The zero-order valence-electron chi connectivity index (χ0n) is 16.9. The molecular formula is C22H28ClN3O2. The lowest BCUT2D eigenvalue weighted by molar-refractivity contribution is 0.222. The maximum Gasteiger partial charge on any atom is 0.321 e. The number of nitrogens with one attached hydrogen (secondary N) is 2. The van der Waals surface area contributed by atoms with Crippen LogP contribution in [0.5, 0.6) is 5.75 Å². The molecule has 2 N–H and O–H groups in total. The van der Waals surface area contributed by atoms with Crippen LogP contribution in [0.15, 0.2) is 43.0 Å². The number of ether oxygens (including phenoxy) is 1. The summed E-state index contributed by atoms with van der Waals surface area (Å²) in [7, 11) is 3.37. The molecule has 2 aromatic rings. The molecule has 0 radical (unpaired) electrons. The smallest absolute Gasteiger partial charge is 0.321 e. The Kier molecular flexibility index (Phi) is 7.76. The number of benzene rings is 2. The first-order chi connectivity index (χ1) is 13.3. The molecule has 0 bridgehead atoms. The third kappa shape index (κ3) is 5.67. The van der Waals surface area contributed by atoms with E-state index in [0.29, 0.717) is 23.9 Å². The Labute approximate surface area is 172 Å². The number of hydrogen-bond donors (Lipinski definition) is 2. The van der Waals surface area contributed by atoms with Crippen LogP contribution < -0.4 is 15.4 Å². The normalized spacial score (nSPS) is 10.3. The monoisotopic (exact) mass is 401 g/mol. The standard InChI is InChI=1S/C22H28ClN3O2/c1-6-11-26(4)22(27)25-20-9-7-15(2)12-18(20)16(3)24-14-17-8-10-21(28-5)19(23)13-17/h7-10,12-13,24H,3,6,11,14H2,1-2,4-5H3,(H,25,27). The van der Waals surface area contributed by atoms with E-state index in [4.69, 9.17) is 16.3 Å². The first kappa shape index (κ1) is 21.6. The summed E-state index contributed by atoms with van der Waals surface area (Å²) in [5.41, 5.74) is 4.41. The Morgan fingerprint density at radius 1 is 1.25 bits per heavy atom. The van der Waals surface area contributed by atoms with Gasteiger partial charge in [-0.1, -0.05) is 42.8 Å². The molecular weight excluding hydrogens is 374 g/mol. The minimum absolute atomic E-state index is 0.137. The van der Waals surface area contributed by atoms with Crippen LogP contribution in [0.4, 0.5) is 10.5 Å². The minimum atomic E-state index is -0.137. The van der Waals surface area contributed by atoms with Crippen LogP contribution >= 0.6 is 11.6 Å². The fraction of sp³-hybridized carbons (Fsp3) is 0.318. The molecule has 5 nitrogen and oxygen atoms in total. The van der Waals surface area contributed by atoms with E-state index in [9.17, 15) is 4.79 Å². The summed E-state index contributed by atoms with van der Waals surface area (Å²) in [6.07, 6.45) is 0.906. The summed E-state index contributed by atoms with van der Waals surface area (Å²) in [5.74, 6) is 0.643. The number of halogens is 1. The number of rotatable bonds is 8. The molecule has 2 rings (SSSR count). The highest BCUT2D eigenvalue weighted by molar-refractivity contribution is 6.32. The van der Waals surface area contributed by atoms with Crippen molar-refractivity contribution in [3.63, 3.8) is 0 Å². The lowest BCUT2D eigenvalue weighted by atomic mass is 10.1. The molecule has 0 aliphatic rings. The van der Waals surface area contributed by atoms with E-state index >= 15 is 0 Å². The Morgan fingerprint density at radius 2 is 2.00 bits per heavy atom. The average Bonchev–Trinajstić information content (AvgIpc) is 2.67. The van der Waals surface area contributed by atoms with Gasteiger partial charge >= 0.3 is 6.03 Å². The Bertz CT molecular complexity index is 852. The first-order valence-corrected chi connectivity index (χ1v) is 9.61. The Balaban J connectivity index is 2.12. The van der Waals surface area contributed by atoms with Gasteiger partial charge in [-0.2, -0.15) is 0 Å². The van der Waals surface area contributed by atoms with Crippen molar-refractivity contribution in [3.8, 4) is 5.75 Å². The number of hydrogen-bond acceptors (Lipinski definition) is 3. The van der Waals surface area contributed by atoms with Gasteiger partial charge in [0, 0.05) is 31.4 Å². The molecule has 0 aliphatic heterocycles. The number of methoxy groups -OCH3 is 1. The number of nitrogens with zero attached hydrogens (tertiary/aromatic N) is 1. The molecule has 0 aromatic heterocycles. The zero-order valence-corrected chi connectivity index (χ0v) is 17.7. The first-order valence-electron chi connectivity index (χ1n) is 9.24. The van der Waals surface area contributed by atoms with Crippen molar-refractivity contribution in [2.24, 2.45) is 0 Å². The number of anilines is 1. The highest BCUT2D eigenvalue weighted by atomic mass is 35.5. The summed E-state index contributed by atoms with van der Waals surface area (Å²) >= 11 is 6.19. The van der Waals surface area contributed by atoms with Crippen molar-refractivity contribution < 1.29 is 9.53 Å². The molecule has 2 amide bonds. The zero-order chi connectivity index (χ0) is 20.7. The topological polar surface area (TPSA) is 53.6 Å².